The molecule has 0 aliphatic rings. The van der Waals surface area contributed by atoms with E-state index in [0.29, 0.717) is 5.56 Å². The Morgan fingerprint density at radius 1 is 0.611 bits per heavy atom. The number of rotatable bonds is 10. The van der Waals surface area contributed by atoms with Crippen molar-refractivity contribution >= 4 is 28.6 Å². The summed E-state index contributed by atoms with van der Waals surface area (Å²) in [6.07, 6.45) is -0.0715. The highest BCUT2D eigenvalue weighted by atomic mass is 16.4. The SMILES string of the molecule is O=C(O)CC(NC(=O)CC(NC(=O)Cc1ccc2ccccc2c1)c1ccccc1)c1ccccc1. The van der Waals surface area contributed by atoms with Crippen molar-refractivity contribution in [3.8, 4) is 0 Å². The zero-order valence-corrected chi connectivity index (χ0v) is 19.8. The van der Waals surface area contributed by atoms with Crippen molar-refractivity contribution < 1.29 is 19.5 Å². The molecule has 6 nitrogen and oxygen atoms in total. The molecule has 182 valence electrons. The molecular formula is C30H28N2O4. The number of amides is 2. The van der Waals surface area contributed by atoms with Gasteiger partial charge in [0.25, 0.3) is 0 Å². The molecule has 2 unspecified atom stereocenters. The van der Waals surface area contributed by atoms with Gasteiger partial charge in [0.05, 0.1) is 31.3 Å². The predicted octanol–water partition coefficient (Wildman–Crippen LogP) is 4.96. The average Bonchev–Trinajstić information content (AvgIpc) is 2.88. The Hall–Kier alpha value is -4.45. The van der Waals surface area contributed by atoms with Gasteiger partial charge >= 0.3 is 5.97 Å². The van der Waals surface area contributed by atoms with Gasteiger partial charge in [-0.25, -0.2) is 0 Å². The number of benzene rings is 4. The second kappa shape index (κ2) is 11.8. The lowest BCUT2D eigenvalue weighted by Gasteiger charge is -2.22. The van der Waals surface area contributed by atoms with Crippen LogP contribution in [0.1, 0.15) is 41.6 Å². The summed E-state index contributed by atoms with van der Waals surface area (Å²) in [4.78, 5) is 37.4. The van der Waals surface area contributed by atoms with Crippen LogP contribution in [-0.2, 0) is 20.8 Å². The van der Waals surface area contributed by atoms with Crippen LogP contribution in [0, 0.1) is 0 Å². The fourth-order valence-corrected chi connectivity index (χ4v) is 4.27. The first-order valence-electron chi connectivity index (χ1n) is 11.9. The topological polar surface area (TPSA) is 95.5 Å². The van der Waals surface area contributed by atoms with Crippen LogP contribution in [0.15, 0.2) is 103 Å². The first-order valence-corrected chi connectivity index (χ1v) is 11.9. The van der Waals surface area contributed by atoms with Crippen LogP contribution in [0.25, 0.3) is 10.8 Å². The maximum absolute atomic E-state index is 13.0. The van der Waals surface area contributed by atoms with Gasteiger partial charge in [0.1, 0.15) is 0 Å². The minimum atomic E-state index is -1.01. The molecule has 0 saturated heterocycles. The molecule has 0 spiro atoms. The Bertz CT molecular complexity index is 1340. The molecule has 0 heterocycles. The lowest BCUT2D eigenvalue weighted by atomic mass is 10.00. The van der Waals surface area contributed by atoms with E-state index >= 15 is 0 Å². The van der Waals surface area contributed by atoms with Crippen molar-refractivity contribution in [1.82, 2.24) is 10.6 Å². The Kier molecular flexibility index (Phi) is 8.08. The fourth-order valence-electron chi connectivity index (χ4n) is 4.27. The molecule has 0 aliphatic carbocycles. The normalized spacial score (nSPS) is 12.4. The van der Waals surface area contributed by atoms with E-state index in [1.165, 1.54) is 0 Å². The van der Waals surface area contributed by atoms with Crippen LogP contribution >= 0.6 is 0 Å². The van der Waals surface area contributed by atoms with Crippen LogP contribution in [0.2, 0.25) is 0 Å². The number of carbonyl (C=O) groups excluding carboxylic acids is 2. The highest BCUT2D eigenvalue weighted by molar-refractivity contribution is 5.86. The molecule has 2 atom stereocenters. The number of carboxylic acid groups (broad SMARTS) is 1. The maximum atomic E-state index is 13.0. The van der Waals surface area contributed by atoms with Gasteiger partial charge in [0.2, 0.25) is 11.8 Å². The summed E-state index contributed by atoms with van der Waals surface area (Å²) in [5.41, 5.74) is 2.40. The van der Waals surface area contributed by atoms with Crippen molar-refractivity contribution in [2.24, 2.45) is 0 Å². The van der Waals surface area contributed by atoms with E-state index in [2.05, 4.69) is 10.6 Å². The largest absolute Gasteiger partial charge is 0.481 e. The smallest absolute Gasteiger partial charge is 0.305 e. The summed E-state index contributed by atoms with van der Waals surface area (Å²) in [7, 11) is 0. The molecule has 3 N–H and O–H groups in total. The molecule has 0 radical (unpaired) electrons. The number of hydrogen-bond acceptors (Lipinski definition) is 3. The standard InChI is InChI=1S/C30H28N2O4/c33-28(18-21-15-16-22-9-7-8-14-25(22)17-21)31-26(23-10-3-1-4-11-23)19-29(34)32-27(20-30(35)36)24-12-5-2-6-13-24/h1-17,26-27H,18-20H2,(H,31,33)(H,32,34)(H,35,36). The molecule has 36 heavy (non-hydrogen) atoms. The monoisotopic (exact) mass is 480 g/mol. The molecular weight excluding hydrogens is 452 g/mol. The third-order valence-corrected chi connectivity index (χ3v) is 6.02. The Morgan fingerprint density at radius 2 is 1.14 bits per heavy atom. The van der Waals surface area contributed by atoms with E-state index in [9.17, 15) is 19.5 Å². The number of nitrogens with one attached hydrogen (secondary N) is 2. The fraction of sp³-hybridized carbons (Fsp3) is 0.167. The second-order valence-corrected chi connectivity index (χ2v) is 8.72. The third kappa shape index (κ3) is 6.79. The predicted molar refractivity (Wildman–Crippen MR) is 139 cm³/mol. The van der Waals surface area contributed by atoms with Gasteiger partial charge in [-0.2, -0.15) is 0 Å². The first kappa shape index (κ1) is 24.7. The van der Waals surface area contributed by atoms with Gasteiger partial charge in [-0.1, -0.05) is 103 Å². The Morgan fingerprint density at radius 3 is 1.75 bits per heavy atom. The first-order chi connectivity index (χ1) is 17.5. The highest BCUT2D eigenvalue weighted by Gasteiger charge is 2.22. The molecule has 4 aromatic carbocycles. The minimum absolute atomic E-state index is 0.0174. The minimum Gasteiger partial charge on any atom is -0.481 e. The number of fused-ring (bicyclic) bond motifs is 1. The second-order valence-electron chi connectivity index (χ2n) is 8.72. The van der Waals surface area contributed by atoms with E-state index in [0.717, 1.165) is 21.9 Å². The Balaban J connectivity index is 1.47. The quantitative estimate of drug-likeness (QED) is 0.299. The van der Waals surface area contributed by atoms with Gasteiger partial charge in [-0.15, -0.1) is 0 Å². The van der Waals surface area contributed by atoms with Crippen molar-refractivity contribution in [1.29, 1.82) is 0 Å². The Labute approximate surface area is 210 Å². The third-order valence-electron chi connectivity index (χ3n) is 6.02. The van der Waals surface area contributed by atoms with E-state index in [1.54, 1.807) is 24.3 Å². The van der Waals surface area contributed by atoms with E-state index in [-0.39, 0.29) is 31.1 Å². The van der Waals surface area contributed by atoms with Gasteiger partial charge < -0.3 is 15.7 Å². The molecule has 0 saturated carbocycles. The van der Waals surface area contributed by atoms with Gasteiger partial charge in [-0.3, -0.25) is 14.4 Å². The summed E-state index contributed by atoms with van der Waals surface area (Å²) in [5.74, 6) is -1.55. The van der Waals surface area contributed by atoms with Crippen molar-refractivity contribution in [2.75, 3.05) is 0 Å². The summed E-state index contributed by atoms with van der Waals surface area (Å²) < 4.78 is 0. The van der Waals surface area contributed by atoms with Crippen molar-refractivity contribution in [2.45, 2.75) is 31.3 Å². The van der Waals surface area contributed by atoms with E-state index < -0.39 is 18.1 Å². The van der Waals surface area contributed by atoms with Crippen LogP contribution < -0.4 is 10.6 Å². The van der Waals surface area contributed by atoms with Crippen LogP contribution in [0.3, 0.4) is 0 Å². The molecule has 4 rings (SSSR count). The summed E-state index contributed by atoms with van der Waals surface area (Å²) in [5, 5.41) is 17.3. The van der Waals surface area contributed by atoms with Crippen molar-refractivity contribution in [3.63, 3.8) is 0 Å². The van der Waals surface area contributed by atoms with Crippen LogP contribution in [0.5, 0.6) is 0 Å². The summed E-state index contributed by atoms with van der Waals surface area (Å²) in [6.45, 7) is 0. The maximum Gasteiger partial charge on any atom is 0.305 e. The zero-order valence-electron chi connectivity index (χ0n) is 19.8. The van der Waals surface area contributed by atoms with Crippen LogP contribution in [-0.4, -0.2) is 22.9 Å². The molecule has 4 aromatic rings. The van der Waals surface area contributed by atoms with Gasteiger partial charge in [0, 0.05) is 0 Å². The lowest BCUT2D eigenvalue weighted by Crippen LogP contribution is -2.36. The van der Waals surface area contributed by atoms with Crippen molar-refractivity contribution in [3.05, 3.63) is 120 Å². The van der Waals surface area contributed by atoms with Gasteiger partial charge in [-0.05, 0) is 27.5 Å². The summed E-state index contributed by atoms with van der Waals surface area (Å²) >= 11 is 0. The molecule has 2 amide bonds. The van der Waals surface area contributed by atoms with Crippen LogP contribution in [0.4, 0.5) is 0 Å². The summed E-state index contributed by atoms with van der Waals surface area (Å²) in [6, 6.07) is 31.0. The molecule has 0 aliphatic heterocycles. The number of carboxylic acids is 1. The zero-order chi connectivity index (χ0) is 25.3. The van der Waals surface area contributed by atoms with Gasteiger partial charge in [0.15, 0.2) is 0 Å². The average molecular weight is 481 g/mol. The molecule has 0 bridgehead atoms. The molecule has 0 aromatic heterocycles. The highest BCUT2D eigenvalue weighted by Crippen LogP contribution is 2.21. The number of aliphatic carboxylic acids is 1. The lowest BCUT2D eigenvalue weighted by molar-refractivity contribution is -0.137. The molecule has 6 heteroatoms. The molecule has 0 fully saturated rings. The van der Waals surface area contributed by atoms with E-state index in [1.807, 2.05) is 78.9 Å². The van der Waals surface area contributed by atoms with E-state index in [4.69, 9.17) is 0 Å². The number of carbonyl (C=O) groups is 3. The number of hydrogen-bond donors (Lipinski definition) is 3.